The van der Waals surface area contributed by atoms with Crippen LogP contribution in [0.1, 0.15) is 5.56 Å². The Bertz CT molecular complexity index is 359. The topological polar surface area (TPSA) is 49.6 Å². The van der Waals surface area contributed by atoms with Gasteiger partial charge in [0.05, 0.1) is 0 Å². The van der Waals surface area contributed by atoms with Crippen molar-refractivity contribution >= 4 is 12.1 Å². The van der Waals surface area contributed by atoms with Crippen molar-refractivity contribution in [3.63, 3.8) is 0 Å². The fraction of sp³-hybridized carbons (Fsp3) is 0.417. The molecule has 0 saturated carbocycles. The zero-order valence-electron chi connectivity index (χ0n) is 9.30. The van der Waals surface area contributed by atoms with Gasteiger partial charge in [-0.3, -0.25) is 4.79 Å². The summed E-state index contributed by atoms with van der Waals surface area (Å²) in [6, 6.07) is 8.19. The van der Waals surface area contributed by atoms with Crippen LogP contribution in [0.5, 0.6) is 0 Å². The van der Waals surface area contributed by atoms with Crippen LogP contribution < -0.4 is 10.6 Å². The lowest BCUT2D eigenvalue weighted by Crippen LogP contribution is -2.46. The van der Waals surface area contributed by atoms with Crippen molar-refractivity contribution in [1.82, 2.24) is 4.90 Å². The molecule has 16 heavy (non-hydrogen) atoms. The smallest absolute Gasteiger partial charge is 0.209 e. The highest BCUT2D eigenvalue weighted by Gasteiger charge is 2.17. The number of nitrogens with two attached hydrogens (primary N) is 1. The molecular weight excluding hydrogens is 202 g/mol. The highest BCUT2D eigenvalue weighted by Crippen LogP contribution is 2.20. The molecule has 0 atom stereocenters. The lowest BCUT2D eigenvalue weighted by atomic mass is 10.1. The van der Waals surface area contributed by atoms with E-state index in [4.69, 9.17) is 5.73 Å². The fourth-order valence-electron chi connectivity index (χ4n) is 2.06. The number of rotatable bonds is 3. The minimum atomic E-state index is 0.560. The maximum atomic E-state index is 10.6. The summed E-state index contributed by atoms with van der Waals surface area (Å²) in [7, 11) is 0. The van der Waals surface area contributed by atoms with Crippen LogP contribution in [0, 0.1) is 0 Å². The number of carbonyl (C=O) groups excluding carboxylic acids is 1. The van der Waals surface area contributed by atoms with E-state index in [1.165, 1.54) is 11.3 Å². The van der Waals surface area contributed by atoms with E-state index in [9.17, 15) is 4.79 Å². The second kappa shape index (κ2) is 4.99. The summed E-state index contributed by atoms with van der Waals surface area (Å²) in [6.07, 6.45) is 0.923. The van der Waals surface area contributed by atoms with Gasteiger partial charge in [-0.15, -0.1) is 0 Å². The first-order valence-electron chi connectivity index (χ1n) is 5.57. The molecule has 0 bridgehead atoms. The van der Waals surface area contributed by atoms with E-state index in [1.54, 1.807) is 0 Å². The molecule has 1 aromatic rings. The van der Waals surface area contributed by atoms with E-state index in [0.29, 0.717) is 6.54 Å². The van der Waals surface area contributed by atoms with Crippen LogP contribution in [0.15, 0.2) is 24.3 Å². The van der Waals surface area contributed by atoms with Gasteiger partial charge in [0, 0.05) is 38.4 Å². The number of hydrogen-bond donors (Lipinski definition) is 1. The van der Waals surface area contributed by atoms with E-state index in [-0.39, 0.29) is 0 Å². The zero-order valence-corrected chi connectivity index (χ0v) is 9.30. The Morgan fingerprint density at radius 3 is 2.50 bits per heavy atom. The summed E-state index contributed by atoms with van der Waals surface area (Å²) < 4.78 is 0. The average molecular weight is 219 g/mol. The van der Waals surface area contributed by atoms with Gasteiger partial charge in [0.15, 0.2) is 0 Å². The van der Waals surface area contributed by atoms with E-state index >= 15 is 0 Å². The van der Waals surface area contributed by atoms with Crippen molar-refractivity contribution in [3.05, 3.63) is 29.8 Å². The number of amides is 1. The molecule has 0 unspecified atom stereocenters. The summed E-state index contributed by atoms with van der Waals surface area (Å²) in [6.45, 7) is 3.92. The van der Waals surface area contributed by atoms with Gasteiger partial charge in [-0.25, -0.2) is 0 Å². The molecule has 1 aliphatic rings. The molecule has 1 amide bonds. The van der Waals surface area contributed by atoms with Gasteiger partial charge in [0.2, 0.25) is 6.41 Å². The molecular formula is C12H17N3O. The van der Waals surface area contributed by atoms with Gasteiger partial charge < -0.3 is 15.5 Å². The largest absolute Gasteiger partial charge is 0.368 e. The number of hydrogen-bond acceptors (Lipinski definition) is 3. The zero-order chi connectivity index (χ0) is 11.4. The third-order valence-electron chi connectivity index (χ3n) is 3.02. The Labute approximate surface area is 95.6 Å². The molecule has 1 aromatic carbocycles. The normalized spacial score (nSPS) is 16.3. The maximum Gasteiger partial charge on any atom is 0.209 e. The number of para-hydroxylation sites is 1. The van der Waals surface area contributed by atoms with Crippen molar-refractivity contribution in [1.29, 1.82) is 0 Å². The molecule has 1 saturated heterocycles. The standard InChI is InChI=1S/C12H17N3O/c13-9-11-3-1-2-4-12(11)15-7-5-14(10-16)6-8-15/h1-4,10H,5-9,13H2. The van der Waals surface area contributed by atoms with Crippen LogP contribution in [0.25, 0.3) is 0 Å². The van der Waals surface area contributed by atoms with Crippen LogP contribution in [0.4, 0.5) is 5.69 Å². The van der Waals surface area contributed by atoms with Crippen LogP contribution >= 0.6 is 0 Å². The van der Waals surface area contributed by atoms with Gasteiger partial charge in [0.1, 0.15) is 0 Å². The van der Waals surface area contributed by atoms with Gasteiger partial charge in [-0.1, -0.05) is 18.2 Å². The van der Waals surface area contributed by atoms with Gasteiger partial charge >= 0.3 is 0 Å². The molecule has 0 radical (unpaired) electrons. The monoisotopic (exact) mass is 219 g/mol. The predicted octanol–water partition coefficient (Wildman–Crippen LogP) is 0.424. The quantitative estimate of drug-likeness (QED) is 0.750. The second-order valence-corrected chi connectivity index (χ2v) is 3.96. The Morgan fingerprint density at radius 1 is 1.19 bits per heavy atom. The van der Waals surface area contributed by atoms with E-state index < -0.39 is 0 Å². The van der Waals surface area contributed by atoms with Crippen molar-refractivity contribution in [2.24, 2.45) is 5.73 Å². The van der Waals surface area contributed by atoms with Crippen LogP contribution in [0.3, 0.4) is 0 Å². The first kappa shape index (κ1) is 11.0. The third kappa shape index (κ3) is 2.17. The first-order chi connectivity index (χ1) is 7.85. The minimum Gasteiger partial charge on any atom is -0.368 e. The second-order valence-electron chi connectivity index (χ2n) is 3.96. The number of anilines is 1. The van der Waals surface area contributed by atoms with Gasteiger partial charge in [-0.2, -0.15) is 0 Å². The summed E-state index contributed by atoms with van der Waals surface area (Å²) >= 11 is 0. The number of piperazine rings is 1. The first-order valence-corrected chi connectivity index (χ1v) is 5.57. The molecule has 2 N–H and O–H groups in total. The molecule has 4 nitrogen and oxygen atoms in total. The van der Waals surface area contributed by atoms with E-state index in [1.807, 2.05) is 17.0 Å². The van der Waals surface area contributed by atoms with Crippen molar-refractivity contribution in [2.75, 3.05) is 31.1 Å². The van der Waals surface area contributed by atoms with Gasteiger partial charge in [-0.05, 0) is 11.6 Å². The fourth-order valence-corrected chi connectivity index (χ4v) is 2.06. The molecule has 1 aliphatic heterocycles. The summed E-state index contributed by atoms with van der Waals surface area (Å²) in [5.41, 5.74) is 8.09. The molecule has 86 valence electrons. The van der Waals surface area contributed by atoms with E-state index in [0.717, 1.165) is 32.6 Å². The highest BCUT2D eigenvalue weighted by molar-refractivity contribution is 5.55. The van der Waals surface area contributed by atoms with Gasteiger partial charge in [0.25, 0.3) is 0 Å². The Hall–Kier alpha value is -1.55. The number of carbonyl (C=O) groups is 1. The number of nitrogens with zero attached hydrogens (tertiary/aromatic N) is 2. The van der Waals surface area contributed by atoms with Crippen molar-refractivity contribution in [3.8, 4) is 0 Å². The number of benzene rings is 1. The predicted molar refractivity (Wildman–Crippen MR) is 64.2 cm³/mol. The maximum absolute atomic E-state index is 10.6. The van der Waals surface area contributed by atoms with Crippen molar-refractivity contribution < 1.29 is 4.79 Å². The van der Waals surface area contributed by atoms with Crippen molar-refractivity contribution in [2.45, 2.75) is 6.54 Å². The lowest BCUT2D eigenvalue weighted by molar-refractivity contribution is -0.118. The molecule has 1 heterocycles. The molecule has 2 rings (SSSR count). The summed E-state index contributed by atoms with van der Waals surface area (Å²) in [5.74, 6) is 0. The molecule has 0 aliphatic carbocycles. The Morgan fingerprint density at radius 2 is 1.88 bits per heavy atom. The minimum absolute atomic E-state index is 0.560. The Balaban J connectivity index is 2.10. The molecule has 1 fully saturated rings. The molecule has 4 heteroatoms. The summed E-state index contributed by atoms with van der Waals surface area (Å²) in [5, 5.41) is 0. The Kier molecular flexibility index (Phi) is 3.41. The SMILES string of the molecule is NCc1ccccc1N1CCN(C=O)CC1. The van der Waals surface area contributed by atoms with Crippen LogP contribution in [-0.4, -0.2) is 37.5 Å². The third-order valence-corrected chi connectivity index (χ3v) is 3.02. The summed E-state index contributed by atoms with van der Waals surface area (Å²) in [4.78, 5) is 14.7. The molecule has 0 aromatic heterocycles. The van der Waals surface area contributed by atoms with E-state index in [2.05, 4.69) is 17.0 Å². The van der Waals surface area contributed by atoms with Crippen LogP contribution in [-0.2, 0) is 11.3 Å². The lowest BCUT2D eigenvalue weighted by Gasteiger charge is -2.35. The molecule has 0 spiro atoms. The average Bonchev–Trinajstić information content (AvgIpc) is 2.39. The highest BCUT2D eigenvalue weighted by atomic mass is 16.1. The van der Waals surface area contributed by atoms with Crippen LogP contribution in [0.2, 0.25) is 0 Å².